The highest BCUT2D eigenvalue weighted by atomic mass is 19.1. The number of urea groups is 1. The smallest absolute Gasteiger partial charge is 0.407 e. The molecule has 0 aromatic heterocycles. The fourth-order valence-corrected chi connectivity index (χ4v) is 4.36. The van der Waals surface area contributed by atoms with Gasteiger partial charge in [0.25, 0.3) is 0 Å². The van der Waals surface area contributed by atoms with Crippen molar-refractivity contribution in [2.24, 2.45) is 0 Å². The standard InChI is InChI=1S/C17H25FN2O2.C16H22FNO4/c1-3-4-5-10-19-17(21)20-13(2)11-22-12-16(20)14-6-8-15(18)9-7-14;1-11(18-15(20)22-16(2,3)4)9-21-10-14(19)12-5-7-13(17)8-6-12/h6-9,13,16H,3-5,10-12H2,1-2H3,(H,19,21);5-8,11H,9-10H2,1-4H3,(H,18,20)/t13-,16-;11-/m00/s1. The second-order valence-electron chi connectivity index (χ2n) is 11.8. The third-order valence-electron chi connectivity index (χ3n) is 6.52. The van der Waals surface area contributed by atoms with Crippen LogP contribution in [-0.2, 0) is 14.2 Å². The Morgan fingerprint density at radius 3 is 2.20 bits per heavy atom. The van der Waals surface area contributed by atoms with Crippen LogP contribution in [0, 0.1) is 11.6 Å². The molecule has 0 bridgehead atoms. The molecular weight excluding hydrogens is 572 g/mol. The quantitative estimate of drug-likeness (QED) is 0.222. The molecule has 9 nitrogen and oxygen atoms in total. The third-order valence-corrected chi connectivity index (χ3v) is 6.52. The lowest BCUT2D eigenvalue weighted by atomic mass is 10.0. The molecule has 2 N–H and O–H groups in total. The van der Waals surface area contributed by atoms with Crippen molar-refractivity contribution in [3.63, 3.8) is 0 Å². The largest absolute Gasteiger partial charge is 0.444 e. The molecule has 1 fully saturated rings. The number of hydrogen-bond acceptors (Lipinski definition) is 6. The fourth-order valence-electron chi connectivity index (χ4n) is 4.36. The van der Waals surface area contributed by atoms with Crippen molar-refractivity contribution in [2.45, 2.75) is 84.5 Å². The number of carbonyl (C=O) groups is 3. The zero-order chi connectivity index (χ0) is 32.7. The van der Waals surface area contributed by atoms with Gasteiger partial charge in [-0.3, -0.25) is 4.79 Å². The molecule has 1 aliphatic rings. The zero-order valence-corrected chi connectivity index (χ0v) is 26.7. The highest BCUT2D eigenvalue weighted by Crippen LogP contribution is 2.27. The van der Waals surface area contributed by atoms with Gasteiger partial charge in [-0.15, -0.1) is 0 Å². The van der Waals surface area contributed by atoms with Gasteiger partial charge in [0.05, 0.1) is 37.9 Å². The summed E-state index contributed by atoms with van der Waals surface area (Å²) >= 11 is 0. The summed E-state index contributed by atoms with van der Waals surface area (Å²) in [6, 6.07) is 11.0. The van der Waals surface area contributed by atoms with Gasteiger partial charge in [-0.2, -0.15) is 0 Å². The van der Waals surface area contributed by atoms with Crippen LogP contribution in [0.2, 0.25) is 0 Å². The van der Waals surface area contributed by atoms with Gasteiger partial charge < -0.3 is 29.7 Å². The summed E-state index contributed by atoms with van der Waals surface area (Å²) in [6.07, 6.45) is 2.69. The van der Waals surface area contributed by atoms with Gasteiger partial charge in [-0.05, 0) is 83.0 Å². The maximum Gasteiger partial charge on any atom is 0.407 e. The fraction of sp³-hybridized carbons (Fsp3) is 0.545. The van der Waals surface area contributed by atoms with Crippen LogP contribution in [-0.4, -0.2) is 73.5 Å². The molecule has 0 saturated carbocycles. The lowest BCUT2D eigenvalue weighted by molar-refractivity contribution is -0.0214. The van der Waals surface area contributed by atoms with Crippen LogP contribution in [0.5, 0.6) is 0 Å². The monoisotopic (exact) mass is 619 g/mol. The predicted molar refractivity (Wildman–Crippen MR) is 165 cm³/mol. The van der Waals surface area contributed by atoms with Gasteiger partial charge in [-0.1, -0.05) is 31.9 Å². The Morgan fingerprint density at radius 2 is 1.61 bits per heavy atom. The topological polar surface area (TPSA) is 106 Å². The second kappa shape index (κ2) is 18.3. The summed E-state index contributed by atoms with van der Waals surface area (Å²) in [7, 11) is 0. The minimum absolute atomic E-state index is 0.00465. The number of amides is 3. The number of morpholine rings is 1. The maximum absolute atomic E-state index is 13.1. The Hall–Kier alpha value is -3.57. The number of ether oxygens (including phenoxy) is 3. The predicted octanol–water partition coefficient (Wildman–Crippen LogP) is 6.43. The molecule has 0 unspecified atom stereocenters. The van der Waals surface area contributed by atoms with E-state index in [9.17, 15) is 23.2 Å². The minimum atomic E-state index is -0.566. The molecule has 2 aromatic rings. The summed E-state index contributed by atoms with van der Waals surface area (Å²) in [6.45, 7) is 12.9. The van der Waals surface area contributed by atoms with Crippen molar-refractivity contribution in [2.75, 3.05) is 33.0 Å². The van der Waals surface area contributed by atoms with E-state index in [-0.39, 0.29) is 49.0 Å². The summed E-state index contributed by atoms with van der Waals surface area (Å²) in [5.74, 6) is -0.916. The first-order chi connectivity index (χ1) is 20.8. The summed E-state index contributed by atoms with van der Waals surface area (Å²) in [5, 5.41) is 5.60. The maximum atomic E-state index is 13.1. The van der Waals surface area contributed by atoms with Crippen LogP contribution in [0.4, 0.5) is 18.4 Å². The van der Waals surface area contributed by atoms with E-state index in [2.05, 4.69) is 17.6 Å². The van der Waals surface area contributed by atoms with E-state index in [4.69, 9.17) is 14.2 Å². The number of alkyl carbamates (subject to hydrolysis) is 1. The second-order valence-corrected chi connectivity index (χ2v) is 11.8. The lowest BCUT2D eigenvalue weighted by Crippen LogP contribution is -2.53. The first kappa shape index (κ1) is 36.6. The average Bonchev–Trinajstić information content (AvgIpc) is 2.95. The molecular formula is C33H47F2N3O6. The Labute approximate surface area is 259 Å². The number of unbranched alkanes of at least 4 members (excludes halogenated alkanes) is 2. The van der Waals surface area contributed by atoms with E-state index < -0.39 is 17.5 Å². The van der Waals surface area contributed by atoms with Gasteiger partial charge in [0.15, 0.2) is 5.78 Å². The Morgan fingerprint density at radius 1 is 1.00 bits per heavy atom. The van der Waals surface area contributed by atoms with Crippen molar-refractivity contribution in [1.29, 1.82) is 0 Å². The molecule has 2 aromatic carbocycles. The first-order valence-corrected chi connectivity index (χ1v) is 15.1. The van der Waals surface area contributed by atoms with E-state index in [1.54, 1.807) is 39.8 Å². The molecule has 0 radical (unpaired) electrons. The number of hydrogen-bond donors (Lipinski definition) is 2. The van der Waals surface area contributed by atoms with Crippen molar-refractivity contribution >= 4 is 17.9 Å². The van der Waals surface area contributed by atoms with E-state index in [1.807, 2.05) is 11.8 Å². The summed E-state index contributed by atoms with van der Waals surface area (Å²) in [5.41, 5.74) is 0.717. The van der Waals surface area contributed by atoms with Crippen LogP contribution in [0.3, 0.4) is 0 Å². The highest BCUT2D eigenvalue weighted by Gasteiger charge is 2.33. The molecule has 11 heteroatoms. The molecule has 3 atom stereocenters. The molecule has 1 saturated heterocycles. The van der Waals surface area contributed by atoms with Gasteiger partial charge in [-0.25, -0.2) is 18.4 Å². The van der Waals surface area contributed by atoms with Crippen LogP contribution in [0.1, 0.15) is 82.8 Å². The molecule has 1 heterocycles. The van der Waals surface area contributed by atoms with Gasteiger partial charge in [0.1, 0.15) is 23.8 Å². The Kier molecular flexibility index (Phi) is 15.2. The van der Waals surface area contributed by atoms with Crippen molar-refractivity contribution in [3.05, 3.63) is 71.3 Å². The van der Waals surface area contributed by atoms with Gasteiger partial charge in [0.2, 0.25) is 0 Å². The number of nitrogens with one attached hydrogen (secondary N) is 2. The molecule has 1 aliphatic heterocycles. The van der Waals surface area contributed by atoms with Gasteiger partial charge in [0, 0.05) is 12.1 Å². The number of ketones is 1. The van der Waals surface area contributed by atoms with Crippen molar-refractivity contribution in [1.82, 2.24) is 15.5 Å². The van der Waals surface area contributed by atoms with E-state index >= 15 is 0 Å². The number of carbonyl (C=O) groups excluding carboxylic acids is 3. The number of Topliss-reactive ketones (excluding diaryl/α,β-unsaturated/α-hetero) is 1. The zero-order valence-electron chi connectivity index (χ0n) is 26.7. The molecule has 0 aliphatic carbocycles. The third kappa shape index (κ3) is 13.4. The van der Waals surface area contributed by atoms with Crippen LogP contribution in [0.15, 0.2) is 48.5 Å². The molecule has 44 heavy (non-hydrogen) atoms. The average molecular weight is 620 g/mol. The van der Waals surface area contributed by atoms with Crippen LogP contribution < -0.4 is 10.6 Å². The molecule has 3 amide bonds. The minimum Gasteiger partial charge on any atom is -0.444 e. The molecule has 3 rings (SSSR count). The Bertz CT molecular complexity index is 1170. The van der Waals surface area contributed by atoms with Gasteiger partial charge >= 0.3 is 12.1 Å². The summed E-state index contributed by atoms with van der Waals surface area (Å²) < 4.78 is 41.8. The number of halogens is 2. The summed E-state index contributed by atoms with van der Waals surface area (Å²) in [4.78, 5) is 37.6. The number of nitrogens with zero attached hydrogens (tertiary/aromatic N) is 1. The number of benzene rings is 2. The normalized spacial score (nSPS) is 17.1. The lowest BCUT2D eigenvalue weighted by Gasteiger charge is -2.40. The van der Waals surface area contributed by atoms with E-state index in [1.165, 1.54) is 36.4 Å². The molecule has 244 valence electrons. The van der Waals surface area contributed by atoms with Crippen LogP contribution >= 0.6 is 0 Å². The highest BCUT2D eigenvalue weighted by molar-refractivity contribution is 5.97. The first-order valence-electron chi connectivity index (χ1n) is 15.1. The molecule has 0 spiro atoms. The van der Waals surface area contributed by atoms with Crippen LogP contribution in [0.25, 0.3) is 0 Å². The van der Waals surface area contributed by atoms with Crippen molar-refractivity contribution < 1.29 is 37.4 Å². The Balaban J connectivity index is 0.000000307. The van der Waals surface area contributed by atoms with E-state index in [0.717, 1.165) is 24.8 Å². The van der Waals surface area contributed by atoms with E-state index in [0.29, 0.717) is 25.3 Å². The number of rotatable bonds is 11. The SMILES string of the molecule is CCCCCNC(=O)N1[C@@H](C)COC[C@H]1c1ccc(F)cc1.C[C@@H](COCC(=O)c1ccc(F)cc1)NC(=O)OC(C)(C)C. The van der Waals surface area contributed by atoms with Crippen molar-refractivity contribution in [3.8, 4) is 0 Å².